The zero-order chi connectivity index (χ0) is 15.4. The van der Waals surface area contributed by atoms with E-state index in [2.05, 4.69) is 18.4 Å². The van der Waals surface area contributed by atoms with Crippen LogP contribution in [0, 0.1) is 0 Å². The summed E-state index contributed by atoms with van der Waals surface area (Å²) in [5, 5.41) is 2.85. The minimum Gasteiger partial charge on any atom is -0.398 e. The summed E-state index contributed by atoms with van der Waals surface area (Å²) in [4.78, 5) is 11.2. The van der Waals surface area contributed by atoms with E-state index in [1.165, 1.54) is 32.1 Å². The average Bonchev–Trinajstić information content (AvgIpc) is 2.44. The van der Waals surface area contributed by atoms with E-state index >= 15 is 0 Å². The number of hydrogen-bond donors (Lipinski definition) is 1. The molecule has 0 saturated heterocycles. The van der Waals surface area contributed by atoms with Crippen molar-refractivity contribution in [1.29, 1.82) is 0 Å². The Kier molecular flexibility index (Phi) is 10.7. The molecule has 5 heteroatoms. The van der Waals surface area contributed by atoms with Gasteiger partial charge in [0.15, 0.2) is 0 Å². The summed E-state index contributed by atoms with van der Waals surface area (Å²) in [6, 6.07) is 1.06. The van der Waals surface area contributed by atoms with Crippen molar-refractivity contribution in [2.45, 2.75) is 58.0 Å². The molecular formula is C15H31NO3Si. The molecule has 0 bridgehead atoms. The Bertz CT molecular complexity index is 291. The lowest BCUT2D eigenvalue weighted by atomic mass is 10.1. The van der Waals surface area contributed by atoms with Crippen molar-refractivity contribution in [2.24, 2.45) is 0 Å². The summed E-state index contributed by atoms with van der Waals surface area (Å²) in [7, 11) is 1.63. The van der Waals surface area contributed by atoms with Crippen LogP contribution < -0.4 is 5.32 Å². The fourth-order valence-electron chi connectivity index (χ4n) is 1.92. The van der Waals surface area contributed by atoms with Crippen molar-refractivity contribution in [3.05, 3.63) is 12.2 Å². The fourth-order valence-corrected chi connectivity index (χ4v) is 3.39. The molecule has 1 N–H and O–H groups in total. The second-order valence-corrected chi connectivity index (χ2v) is 9.03. The van der Waals surface area contributed by atoms with Crippen molar-refractivity contribution < 1.29 is 13.6 Å². The maximum absolute atomic E-state index is 11.2. The van der Waals surface area contributed by atoms with Crippen LogP contribution in [-0.4, -0.2) is 35.2 Å². The van der Waals surface area contributed by atoms with E-state index in [9.17, 15) is 4.79 Å². The van der Waals surface area contributed by atoms with E-state index in [-0.39, 0.29) is 5.91 Å². The first kappa shape index (κ1) is 19.3. The number of nitrogens with one attached hydrogen (secondary N) is 1. The third-order valence-corrected chi connectivity index (χ3v) is 6.58. The summed E-state index contributed by atoms with van der Waals surface area (Å²) >= 11 is 0. The van der Waals surface area contributed by atoms with Crippen LogP contribution >= 0.6 is 0 Å². The van der Waals surface area contributed by atoms with E-state index in [0.717, 1.165) is 19.0 Å². The molecule has 0 saturated carbocycles. The first-order chi connectivity index (χ1) is 9.45. The van der Waals surface area contributed by atoms with Gasteiger partial charge in [0, 0.05) is 26.3 Å². The average molecular weight is 302 g/mol. The summed E-state index contributed by atoms with van der Waals surface area (Å²) < 4.78 is 10.9. The molecule has 0 aromatic carbocycles. The molecule has 0 fully saturated rings. The number of carbonyl (C=O) groups is 1. The molecule has 20 heavy (non-hydrogen) atoms. The summed E-state index contributed by atoms with van der Waals surface area (Å²) in [6.07, 6.45) is 7.08. The number of carbonyl (C=O) groups excluding carboxylic acids is 1. The van der Waals surface area contributed by atoms with Crippen LogP contribution in [0.3, 0.4) is 0 Å². The molecule has 0 aliphatic heterocycles. The molecule has 0 aromatic heterocycles. The molecule has 0 aliphatic carbocycles. The van der Waals surface area contributed by atoms with E-state index < -0.39 is 8.56 Å². The quantitative estimate of drug-likeness (QED) is 0.341. The van der Waals surface area contributed by atoms with Crippen LogP contribution in [0.15, 0.2) is 12.2 Å². The third kappa shape index (κ3) is 9.28. The Balaban J connectivity index is 3.37. The molecule has 0 spiro atoms. The zero-order valence-electron chi connectivity index (χ0n) is 13.6. The lowest BCUT2D eigenvalue weighted by Gasteiger charge is -2.22. The normalized spacial score (nSPS) is 11.4. The van der Waals surface area contributed by atoms with Crippen LogP contribution in [0.2, 0.25) is 12.6 Å². The van der Waals surface area contributed by atoms with Gasteiger partial charge in [0.1, 0.15) is 0 Å². The molecule has 0 heterocycles. The maximum Gasteiger partial charge on any atom is 0.334 e. The highest BCUT2D eigenvalue weighted by Crippen LogP contribution is 2.17. The van der Waals surface area contributed by atoms with E-state index in [1.807, 2.05) is 0 Å². The van der Waals surface area contributed by atoms with Crippen molar-refractivity contribution in [3.63, 3.8) is 0 Å². The molecule has 118 valence electrons. The Morgan fingerprint density at radius 3 is 2.05 bits per heavy atom. The molecule has 0 radical (unpaired) electrons. The second-order valence-electron chi connectivity index (χ2n) is 5.45. The van der Waals surface area contributed by atoms with Gasteiger partial charge in [0.25, 0.3) is 0 Å². The van der Waals surface area contributed by atoms with Crippen LogP contribution in [0.4, 0.5) is 0 Å². The second kappa shape index (κ2) is 11.1. The van der Waals surface area contributed by atoms with Crippen LogP contribution in [0.1, 0.15) is 45.4 Å². The summed E-state index contributed by atoms with van der Waals surface area (Å²) in [5.41, 5.74) is 0.577. The Morgan fingerprint density at radius 1 is 1.05 bits per heavy atom. The van der Waals surface area contributed by atoms with Gasteiger partial charge in [-0.3, -0.25) is 4.79 Å². The lowest BCUT2D eigenvalue weighted by molar-refractivity contribution is -0.117. The SMILES string of the molecule is C=C(C)C(=O)NCCCCCCCC[Si](C)(OC)OC. The number of rotatable bonds is 12. The predicted octanol–water partition coefficient (Wildman–Crippen LogP) is 3.38. The van der Waals surface area contributed by atoms with E-state index in [1.54, 1.807) is 21.1 Å². The minimum atomic E-state index is -1.86. The van der Waals surface area contributed by atoms with Crippen LogP contribution in [-0.2, 0) is 13.6 Å². The van der Waals surface area contributed by atoms with Gasteiger partial charge in [0.05, 0.1) is 0 Å². The van der Waals surface area contributed by atoms with E-state index in [0.29, 0.717) is 5.57 Å². The third-order valence-electron chi connectivity index (χ3n) is 3.59. The van der Waals surface area contributed by atoms with Gasteiger partial charge >= 0.3 is 8.56 Å². The van der Waals surface area contributed by atoms with Crippen molar-refractivity contribution in [2.75, 3.05) is 20.8 Å². The predicted molar refractivity (Wildman–Crippen MR) is 86.0 cm³/mol. The molecule has 0 unspecified atom stereocenters. The number of hydrogen-bond acceptors (Lipinski definition) is 3. The lowest BCUT2D eigenvalue weighted by Crippen LogP contribution is -2.35. The van der Waals surface area contributed by atoms with Crippen molar-refractivity contribution in [3.8, 4) is 0 Å². The molecule has 1 amide bonds. The molecule has 4 nitrogen and oxygen atoms in total. The Labute approximate surface area is 125 Å². The molecular weight excluding hydrogens is 270 g/mol. The highest BCUT2D eigenvalue weighted by atomic mass is 28.4. The topological polar surface area (TPSA) is 47.6 Å². The van der Waals surface area contributed by atoms with Crippen molar-refractivity contribution >= 4 is 14.5 Å². The number of amides is 1. The van der Waals surface area contributed by atoms with Gasteiger partial charge in [-0.05, 0) is 25.9 Å². The summed E-state index contributed by atoms with van der Waals surface area (Å²) in [5.74, 6) is -0.0339. The molecule has 0 atom stereocenters. The maximum atomic E-state index is 11.2. The first-order valence-corrected chi connectivity index (χ1v) is 10.0. The highest BCUT2D eigenvalue weighted by molar-refractivity contribution is 6.65. The molecule has 0 rings (SSSR count). The fraction of sp³-hybridized carbons (Fsp3) is 0.800. The Morgan fingerprint density at radius 2 is 1.55 bits per heavy atom. The highest BCUT2D eigenvalue weighted by Gasteiger charge is 2.27. The monoisotopic (exact) mass is 301 g/mol. The van der Waals surface area contributed by atoms with Crippen molar-refractivity contribution in [1.82, 2.24) is 5.32 Å². The van der Waals surface area contributed by atoms with Gasteiger partial charge in [-0.2, -0.15) is 0 Å². The van der Waals surface area contributed by atoms with Crippen LogP contribution in [0.25, 0.3) is 0 Å². The van der Waals surface area contributed by atoms with Crippen LogP contribution in [0.5, 0.6) is 0 Å². The van der Waals surface area contributed by atoms with Gasteiger partial charge in [-0.15, -0.1) is 0 Å². The number of unbranched alkanes of at least 4 members (excludes halogenated alkanes) is 5. The Hall–Kier alpha value is -0.653. The van der Waals surface area contributed by atoms with Gasteiger partial charge in [-0.25, -0.2) is 0 Å². The minimum absolute atomic E-state index is 0.0339. The first-order valence-electron chi connectivity index (χ1n) is 7.49. The molecule has 0 aliphatic rings. The smallest absolute Gasteiger partial charge is 0.334 e. The van der Waals surface area contributed by atoms with Gasteiger partial charge in [0.2, 0.25) is 5.91 Å². The van der Waals surface area contributed by atoms with E-state index in [4.69, 9.17) is 8.85 Å². The summed E-state index contributed by atoms with van der Waals surface area (Å²) in [6.45, 7) is 8.20. The van der Waals surface area contributed by atoms with Gasteiger partial charge < -0.3 is 14.2 Å². The standard InChI is InChI=1S/C15H31NO3Si/c1-14(2)15(17)16-12-10-8-6-7-9-11-13-20(5,18-3)19-4/h1,6-13H2,2-5H3,(H,16,17). The van der Waals surface area contributed by atoms with Gasteiger partial charge in [-0.1, -0.05) is 38.7 Å². The molecule has 0 aromatic rings. The largest absolute Gasteiger partial charge is 0.398 e. The zero-order valence-corrected chi connectivity index (χ0v) is 14.6.